The zero-order valence-electron chi connectivity index (χ0n) is 11.1. The maximum Gasteiger partial charge on any atom is 0.199 e. The topological polar surface area (TPSA) is 51.0 Å². The first-order chi connectivity index (χ1) is 9.70. The Morgan fingerprint density at radius 2 is 2.15 bits per heavy atom. The van der Waals surface area contributed by atoms with E-state index in [1.165, 1.54) is 12.8 Å². The number of nitrogens with one attached hydrogen (secondary N) is 1. The molecule has 1 aliphatic rings. The molecule has 1 fully saturated rings. The zero-order chi connectivity index (χ0) is 14.1. The fourth-order valence-corrected chi connectivity index (χ4v) is 3.03. The Hall–Kier alpha value is -0.880. The average molecular weight is 401 g/mol. The average Bonchev–Trinajstić information content (AvgIpc) is 3.20. The van der Waals surface area contributed by atoms with Crippen molar-refractivity contribution in [3.63, 3.8) is 0 Å². The van der Waals surface area contributed by atoms with E-state index in [4.69, 9.17) is 4.42 Å². The van der Waals surface area contributed by atoms with Crippen LogP contribution in [0.3, 0.4) is 0 Å². The quantitative estimate of drug-likeness (QED) is 0.770. The lowest BCUT2D eigenvalue weighted by molar-refractivity contribution is 0.575. The fourth-order valence-electron chi connectivity index (χ4n) is 2.01. The number of hydrogen-bond donors (Lipinski definition) is 1. The summed E-state index contributed by atoms with van der Waals surface area (Å²) in [5.41, 5.74) is 1.08. The number of hydrogen-bond acceptors (Lipinski definition) is 4. The molecule has 1 saturated carbocycles. The highest BCUT2D eigenvalue weighted by Gasteiger charge is 2.30. The van der Waals surface area contributed by atoms with Crippen molar-refractivity contribution >= 4 is 37.7 Å². The molecule has 0 saturated heterocycles. The van der Waals surface area contributed by atoms with Crippen LogP contribution in [-0.4, -0.2) is 16.5 Å². The first-order valence-corrected chi connectivity index (χ1v) is 8.34. The highest BCUT2D eigenvalue weighted by atomic mass is 79.9. The predicted molar refractivity (Wildman–Crippen MR) is 85.9 cm³/mol. The summed E-state index contributed by atoms with van der Waals surface area (Å²) in [7, 11) is 0. The predicted octanol–water partition coefficient (Wildman–Crippen LogP) is 4.96. The fraction of sp³-hybridized carbons (Fsp3) is 0.429. The summed E-state index contributed by atoms with van der Waals surface area (Å²) in [6.07, 6.45) is 5.08. The van der Waals surface area contributed by atoms with Crippen LogP contribution in [0, 0.1) is 0 Å². The van der Waals surface area contributed by atoms with Crippen molar-refractivity contribution in [3.05, 3.63) is 27.0 Å². The summed E-state index contributed by atoms with van der Waals surface area (Å²) in [6.45, 7) is 3.02. The monoisotopic (exact) mass is 399 g/mol. The van der Waals surface area contributed by atoms with Gasteiger partial charge in [-0.1, -0.05) is 6.92 Å². The van der Waals surface area contributed by atoms with E-state index in [9.17, 15) is 0 Å². The summed E-state index contributed by atoms with van der Waals surface area (Å²) >= 11 is 7.11. The third kappa shape index (κ3) is 2.76. The number of aromatic nitrogens is 2. The number of halogens is 2. The second kappa shape index (κ2) is 5.85. The maximum absolute atomic E-state index is 5.49. The normalized spacial score (nSPS) is 14.6. The minimum Gasteiger partial charge on any atom is -0.460 e. The van der Waals surface area contributed by atoms with Crippen LogP contribution in [0.25, 0.3) is 11.6 Å². The van der Waals surface area contributed by atoms with Crippen LogP contribution in [0.2, 0.25) is 0 Å². The van der Waals surface area contributed by atoms with E-state index in [0.29, 0.717) is 17.5 Å². The molecule has 106 valence electrons. The molecule has 3 rings (SSSR count). The van der Waals surface area contributed by atoms with E-state index in [-0.39, 0.29) is 0 Å². The Morgan fingerprint density at radius 3 is 2.75 bits per heavy atom. The van der Waals surface area contributed by atoms with Gasteiger partial charge in [0, 0.05) is 12.5 Å². The molecule has 0 unspecified atom stereocenters. The molecule has 0 radical (unpaired) electrons. The van der Waals surface area contributed by atoms with Crippen molar-refractivity contribution in [3.8, 4) is 11.6 Å². The van der Waals surface area contributed by atoms with Crippen LogP contribution in [0.4, 0.5) is 5.82 Å². The first-order valence-electron chi connectivity index (χ1n) is 6.75. The van der Waals surface area contributed by atoms with Gasteiger partial charge in [0.1, 0.15) is 5.82 Å². The van der Waals surface area contributed by atoms with E-state index in [1.807, 2.05) is 6.07 Å². The van der Waals surface area contributed by atoms with E-state index < -0.39 is 0 Å². The lowest BCUT2D eigenvalue weighted by Gasteiger charge is -2.11. The van der Waals surface area contributed by atoms with Crippen molar-refractivity contribution in [2.75, 3.05) is 11.9 Å². The second-order valence-corrected chi connectivity index (χ2v) is 6.54. The highest BCUT2D eigenvalue weighted by molar-refractivity contribution is 9.11. The van der Waals surface area contributed by atoms with Gasteiger partial charge in [-0.2, -0.15) is 0 Å². The zero-order valence-corrected chi connectivity index (χ0v) is 14.3. The Kier molecular flexibility index (Phi) is 4.12. The van der Waals surface area contributed by atoms with Gasteiger partial charge in [-0.3, -0.25) is 0 Å². The van der Waals surface area contributed by atoms with Crippen LogP contribution < -0.4 is 5.32 Å². The molecule has 0 amide bonds. The molecule has 0 bridgehead atoms. The van der Waals surface area contributed by atoms with E-state index in [0.717, 1.165) is 33.4 Å². The van der Waals surface area contributed by atoms with Crippen molar-refractivity contribution in [1.29, 1.82) is 0 Å². The largest absolute Gasteiger partial charge is 0.460 e. The van der Waals surface area contributed by atoms with Gasteiger partial charge in [-0.25, -0.2) is 9.97 Å². The first kappa shape index (κ1) is 14.1. The number of anilines is 1. The lowest BCUT2D eigenvalue weighted by atomic mass is 10.2. The van der Waals surface area contributed by atoms with Crippen molar-refractivity contribution in [1.82, 2.24) is 9.97 Å². The van der Waals surface area contributed by atoms with Gasteiger partial charge in [-0.05, 0) is 57.2 Å². The molecular formula is C14H15Br2N3O. The second-order valence-electron chi connectivity index (χ2n) is 4.89. The lowest BCUT2D eigenvalue weighted by Crippen LogP contribution is -2.07. The standard InChI is InChI=1S/C14H15Br2N3O/c1-2-6-17-13-10(16)11(8-3-4-8)18-14(19-13)12-9(15)5-7-20-12/h5,7-8H,2-4,6H2,1H3,(H,17,18,19). The van der Waals surface area contributed by atoms with Crippen molar-refractivity contribution < 1.29 is 4.42 Å². The van der Waals surface area contributed by atoms with Gasteiger partial charge < -0.3 is 9.73 Å². The van der Waals surface area contributed by atoms with Gasteiger partial charge in [-0.15, -0.1) is 0 Å². The molecule has 2 aromatic heterocycles. The summed E-state index contributed by atoms with van der Waals surface area (Å²) in [5, 5.41) is 3.35. The third-order valence-corrected chi connectivity index (χ3v) is 4.61. The molecule has 0 atom stereocenters. The van der Waals surface area contributed by atoms with Crippen LogP contribution in [-0.2, 0) is 0 Å². The molecule has 1 N–H and O–H groups in total. The Labute approximate surface area is 134 Å². The number of rotatable bonds is 5. The molecule has 0 spiro atoms. The van der Waals surface area contributed by atoms with Crippen molar-refractivity contribution in [2.45, 2.75) is 32.1 Å². The molecule has 6 heteroatoms. The van der Waals surface area contributed by atoms with E-state index in [2.05, 4.69) is 54.1 Å². The van der Waals surface area contributed by atoms with Gasteiger partial charge in [0.15, 0.2) is 11.6 Å². The van der Waals surface area contributed by atoms with Crippen LogP contribution in [0.5, 0.6) is 0 Å². The molecule has 0 aliphatic heterocycles. The Balaban J connectivity index is 2.06. The molecule has 2 aromatic rings. The minimum absolute atomic E-state index is 0.544. The molecule has 2 heterocycles. The van der Waals surface area contributed by atoms with E-state index in [1.54, 1.807) is 6.26 Å². The molecule has 20 heavy (non-hydrogen) atoms. The van der Waals surface area contributed by atoms with E-state index >= 15 is 0 Å². The minimum atomic E-state index is 0.544. The molecule has 4 nitrogen and oxygen atoms in total. The maximum atomic E-state index is 5.49. The Morgan fingerprint density at radius 1 is 1.35 bits per heavy atom. The van der Waals surface area contributed by atoms with Gasteiger partial charge in [0.25, 0.3) is 0 Å². The number of furan rings is 1. The number of nitrogens with zero attached hydrogens (tertiary/aromatic N) is 2. The molecule has 1 aliphatic carbocycles. The highest BCUT2D eigenvalue weighted by Crippen LogP contribution is 2.44. The van der Waals surface area contributed by atoms with Crippen LogP contribution in [0.15, 0.2) is 25.7 Å². The SMILES string of the molecule is CCCNc1nc(-c2occc2Br)nc(C2CC2)c1Br. The van der Waals surface area contributed by atoms with Crippen LogP contribution >= 0.6 is 31.9 Å². The van der Waals surface area contributed by atoms with Crippen LogP contribution in [0.1, 0.15) is 37.8 Å². The summed E-state index contributed by atoms with van der Waals surface area (Å²) < 4.78 is 7.35. The summed E-state index contributed by atoms with van der Waals surface area (Å²) in [6, 6.07) is 1.86. The third-order valence-electron chi connectivity index (χ3n) is 3.20. The summed E-state index contributed by atoms with van der Waals surface area (Å²) in [5.74, 6) is 2.70. The summed E-state index contributed by atoms with van der Waals surface area (Å²) in [4.78, 5) is 9.28. The smallest absolute Gasteiger partial charge is 0.199 e. The van der Waals surface area contributed by atoms with Gasteiger partial charge in [0.05, 0.1) is 20.9 Å². The van der Waals surface area contributed by atoms with Gasteiger partial charge in [0.2, 0.25) is 0 Å². The Bertz CT molecular complexity index is 623. The molecule has 0 aromatic carbocycles. The van der Waals surface area contributed by atoms with Gasteiger partial charge >= 0.3 is 0 Å². The van der Waals surface area contributed by atoms with Crippen molar-refractivity contribution in [2.24, 2.45) is 0 Å². The molecular weight excluding hydrogens is 386 g/mol.